The third-order valence-electron chi connectivity index (χ3n) is 2.04. The summed E-state index contributed by atoms with van der Waals surface area (Å²) in [4.78, 5) is 34.9. The SMILES string of the molecule is CCN(CC(N)=O)C(=O)c1ccc(C(=O)O)s1. The highest BCUT2D eigenvalue weighted by Gasteiger charge is 2.19. The average molecular weight is 256 g/mol. The Morgan fingerprint density at radius 1 is 1.35 bits per heavy atom. The lowest BCUT2D eigenvalue weighted by Gasteiger charge is -2.17. The van der Waals surface area contributed by atoms with Crippen molar-refractivity contribution in [3.05, 3.63) is 21.9 Å². The third-order valence-corrected chi connectivity index (χ3v) is 3.10. The number of thiophene rings is 1. The Balaban J connectivity index is 2.86. The number of rotatable bonds is 5. The van der Waals surface area contributed by atoms with E-state index in [0.717, 1.165) is 11.3 Å². The van der Waals surface area contributed by atoms with Gasteiger partial charge in [-0.05, 0) is 19.1 Å². The Kier molecular flexibility index (Phi) is 4.22. The van der Waals surface area contributed by atoms with Gasteiger partial charge in [0.15, 0.2) is 0 Å². The maximum Gasteiger partial charge on any atom is 0.345 e. The van der Waals surface area contributed by atoms with Crippen LogP contribution >= 0.6 is 11.3 Å². The van der Waals surface area contributed by atoms with E-state index < -0.39 is 11.9 Å². The van der Waals surface area contributed by atoms with Crippen LogP contribution in [-0.4, -0.2) is 40.9 Å². The summed E-state index contributed by atoms with van der Waals surface area (Å²) in [5, 5.41) is 8.73. The first-order chi connectivity index (χ1) is 7.95. The number of aromatic carboxylic acids is 1. The second-order valence-electron chi connectivity index (χ2n) is 3.25. The smallest absolute Gasteiger partial charge is 0.345 e. The van der Waals surface area contributed by atoms with Gasteiger partial charge in [-0.1, -0.05) is 0 Å². The van der Waals surface area contributed by atoms with Gasteiger partial charge in [0.25, 0.3) is 5.91 Å². The minimum atomic E-state index is -1.08. The topological polar surface area (TPSA) is 101 Å². The van der Waals surface area contributed by atoms with Crippen LogP contribution in [0.3, 0.4) is 0 Å². The summed E-state index contributed by atoms with van der Waals surface area (Å²) in [6.07, 6.45) is 0. The minimum Gasteiger partial charge on any atom is -0.477 e. The fourth-order valence-corrected chi connectivity index (χ4v) is 2.05. The number of carboxylic acid groups (broad SMARTS) is 1. The largest absolute Gasteiger partial charge is 0.477 e. The van der Waals surface area contributed by atoms with Crippen molar-refractivity contribution in [1.29, 1.82) is 0 Å². The number of carboxylic acids is 1. The fourth-order valence-electron chi connectivity index (χ4n) is 1.24. The van der Waals surface area contributed by atoms with Gasteiger partial charge in [0, 0.05) is 6.54 Å². The van der Waals surface area contributed by atoms with Crippen LogP contribution in [0.2, 0.25) is 0 Å². The van der Waals surface area contributed by atoms with Crippen molar-refractivity contribution in [2.45, 2.75) is 6.92 Å². The molecule has 1 rings (SSSR count). The highest BCUT2D eigenvalue weighted by molar-refractivity contribution is 7.15. The van der Waals surface area contributed by atoms with E-state index in [1.54, 1.807) is 6.92 Å². The number of primary amides is 1. The Bertz CT molecular complexity index is 455. The van der Waals surface area contributed by atoms with Crippen LogP contribution in [0.15, 0.2) is 12.1 Å². The summed E-state index contributed by atoms with van der Waals surface area (Å²) < 4.78 is 0. The molecule has 0 aromatic carbocycles. The molecule has 0 aliphatic rings. The molecule has 6 nitrogen and oxygen atoms in total. The number of hydrogen-bond acceptors (Lipinski definition) is 4. The molecule has 2 amide bonds. The summed E-state index contributed by atoms with van der Waals surface area (Å²) in [6.45, 7) is 1.88. The zero-order chi connectivity index (χ0) is 13.0. The van der Waals surface area contributed by atoms with Crippen molar-refractivity contribution in [2.24, 2.45) is 5.73 Å². The molecule has 0 unspecified atom stereocenters. The number of carbonyl (C=O) groups is 3. The van der Waals surface area contributed by atoms with Crippen LogP contribution in [0.25, 0.3) is 0 Å². The normalized spacial score (nSPS) is 9.94. The molecule has 3 N–H and O–H groups in total. The monoisotopic (exact) mass is 256 g/mol. The van der Waals surface area contributed by atoms with E-state index in [1.165, 1.54) is 17.0 Å². The molecular formula is C10H12N2O4S. The first kappa shape index (κ1) is 13.2. The maximum atomic E-state index is 11.9. The molecule has 0 aliphatic heterocycles. The van der Waals surface area contributed by atoms with E-state index in [0.29, 0.717) is 6.54 Å². The number of amides is 2. The van der Waals surface area contributed by atoms with Crippen molar-refractivity contribution >= 4 is 29.1 Å². The molecule has 0 fully saturated rings. The van der Waals surface area contributed by atoms with Gasteiger partial charge in [-0.15, -0.1) is 11.3 Å². The molecule has 1 heterocycles. The van der Waals surface area contributed by atoms with Crippen LogP contribution in [0, 0.1) is 0 Å². The highest BCUT2D eigenvalue weighted by Crippen LogP contribution is 2.18. The van der Waals surface area contributed by atoms with Gasteiger partial charge in [0.05, 0.1) is 11.4 Å². The molecule has 0 saturated heterocycles. The van der Waals surface area contributed by atoms with Gasteiger partial charge >= 0.3 is 5.97 Å². The number of nitrogens with two attached hydrogens (primary N) is 1. The van der Waals surface area contributed by atoms with E-state index in [-0.39, 0.29) is 22.2 Å². The van der Waals surface area contributed by atoms with Crippen molar-refractivity contribution in [2.75, 3.05) is 13.1 Å². The molecule has 0 spiro atoms. The number of hydrogen-bond donors (Lipinski definition) is 2. The van der Waals surface area contributed by atoms with E-state index in [4.69, 9.17) is 10.8 Å². The van der Waals surface area contributed by atoms with Crippen LogP contribution < -0.4 is 5.73 Å². The van der Waals surface area contributed by atoms with Crippen LogP contribution in [-0.2, 0) is 4.79 Å². The zero-order valence-electron chi connectivity index (χ0n) is 9.17. The Morgan fingerprint density at radius 2 is 1.94 bits per heavy atom. The van der Waals surface area contributed by atoms with Crippen LogP contribution in [0.4, 0.5) is 0 Å². The van der Waals surface area contributed by atoms with Crippen LogP contribution in [0.5, 0.6) is 0 Å². The molecule has 0 atom stereocenters. The fraction of sp³-hybridized carbons (Fsp3) is 0.300. The van der Waals surface area contributed by atoms with Crippen molar-refractivity contribution in [1.82, 2.24) is 4.90 Å². The molecule has 0 aliphatic carbocycles. The van der Waals surface area contributed by atoms with E-state index in [9.17, 15) is 14.4 Å². The molecule has 1 aromatic rings. The Labute approximate surface area is 102 Å². The van der Waals surface area contributed by atoms with Crippen LogP contribution in [0.1, 0.15) is 26.3 Å². The first-order valence-corrected chi connectivity index (χ1v) is 5.68. The molecule has 92 valence electrons. The predicted molar refractivity (Wildman–Crippen MR) is 62.1 cm³/mol. The first-order valence-electron chi connectivity index (χ1n) is 4.86. The van der Waals surface area contributed by atoms with Gasteiger partial charge in [0.1, 0.15) is 4.88 Å². The molecule has 0 bridgehead atoms. The van der Waals surface area contributed by atoms with E-state index in [2.05, 4.69) is 0 Å². The highest BCUT2D eigenvalue weighted by atomic mass is 32.1. The van der Waals surface area contributed by atoms with Crippen molar-refractivity contribution in [3.63, 3.8) is 0 Å². The standard InChI is InChI=1S/C10H12N2O4S/c1-2-12(5-8(11)13)9(14)6-3-4-7(17-6)10(15)16/h3-4H,2,5H2,1H3,(H2,11,13)(H,15,16). The Hall–Kier alpha value is -1.89. The predicted octanol–water partition coefficient (Wildman–Crippen LogP) is 0.394. The van der Waals surface area contributed by atoms with Crippen molar-refractivity contribution in [3.8, 4) is 0 Å². The van der Waals surface area contributed by atoms with Gasteiger partial charge in [-0.2, -0.15) is 0 Å². The summed E-state index contributed by atoms with van der Waals surface area (Å²) in [6, 6.07) is 2.79. The van der Waals surface area contributed by atoms with E-state index in [1.807, 2.05) is 0 Å². The van der Waals surface area contributed by atoms with Gasteiger partial charge in [-0.3, -0.25) is 9.59 Å². The average Bonchev–Trinajstić information content (AvgIpc) is 2.73. The number of likely N-dealkylation sites (N-methyl/N-ethyl adjacent to an activating group) is 1. The molecule has 0 radical (unpaired) electrons. The Morgan fingerprint density at radius 3 is 2.35 bits per heavy atom. The number of nitrogens with zero attached hydrogens (tertiary/aromatic N) is 1. The van der Waals surface area contributed by atoms with Gasteiger partial charge < -0.3 is 15.7 Å². The molecule has 1 aromatic heterocycles. The summed E-state index contributed by atoms with van der Waals surface area (Å²) >= 11 is 0.877. The quantitative estimate of drug-likeness (QED) is 0.795. The lowest BCUT2D eigenvalue weighted by Crippen LogP contribution is -2.37. The zero-order valence-corrected chi connectivity index (χ0v) is 9.99. The molecule has 17 heavy (non-hydrogen) atoms. The third kappa shape index (κ3) is 3.28. The maximum absolute atomic E-state index is 11.9. The summed E-state index contributed by atoms with van der Waals surface area (Å²) in [5.41, 5.74) is 5.01. The molecule has 7 heteroatoms. The number of carbonyl (C=O) groups excluding carboxylic acids is 2. The lowest BCUT2D eigenvalue weighted by atomic mass is 10.3. The van der Waals surface area contributed by atoms with Gasteiger partial charge in [-0.25, -0.2) is 4.79 Å². The van der Waals surface area contributed by atoms with Gasteiger partial charge in [0.2, 0.25) is 5.91 Å². The lowest BCUT2D eigenvalue weighted by molar-refractivity contribution is -0.118. The summed E-state index contributed by atoms with van der Waals surface area (Å²) in [5.74, 6) is -2.06. The molecule has 0 saturated carbocycles. The second kappa shape index (κ2) is 5.44. The second-order valence-corrected chi connectivity index (χ2v) is 4.34. The van der Waals surface area contributed by atoms with E-state index >= 15 is 0 Å². The molecular weight excluding hydrogens is 244 g/mol. The summed E-state index contributed by atoms with van der Waals surface area (Å²) in [7, 11) is 0. The van der Waals surface area contributed by atoms with Crippen molar-refractivity contribution < 1.29 is 19.5 Å². The minimum absolute atomic E-state index is 0.0866.